The highest BCUT2D eigenvalue weighted by Crippen LogP contribution is 2.32. The minimum Gasteiger partial charge on any atom is -0.480 e. The molecular weight excluding hydrogens is 1980 g/mol. The van der Waals surface area contributed by atoms with Gasteiger partial charge in [-0.1, -0.05) is 58.3 Å². The molecule has 9 amide bonds. The number of ether oxygens (including phenoxy) is 24. The van der Waals surface area contributed by atoms with E-state index in [1.54, 1.807) is 0 Å². The zero-order valence-electron chi connectivity index (χ0n) is 87.9. The van der Waals surface area contributed by atoms with Crippen LogP contribution in [0.2, 0.25) is 0 Å². The highest BCUT2D eigenvalue weighted by atomic mass is 16.7. The second kappa shape index (κ2) is 79.4. The smallest absolute Gasteiger partial charge is 0.326 e. The summed E-state index contributed by atoms with van der Waals surface area (Å²) in [6.07, 6.45) is -4.12. The van der Waals surface area contributed by atoms with Gasteiger partial charge in [0.05, 0.1) is 119 Å². The number of carboxylic acid groups (broad SMARTS) is 1. The van der Waals surface area contributed by atoms with E-state index in [0.29, 0.717) is 12.8 Å². The Bertz CT molecular complexity index is 4030. The molecular formula is C96H159N9O44. The van der Waals surface area contributed by atoms with E-state index in [4.69, 9.17) is 114 Å². The van der Waals surface area contributed by atoms with E-state index < -0.39 is 243 Å². The number of rotatable bonds is 82. The summed E-state index contributed by atoms with van der Waals surface area (Å²) in [6.45, 7) is 13.2. The number of hydrogen-bond donors (Lipinski definition) is 10. The van der Waals surface area contributed by atoms with Gasteiger partial charge in [0.25, 0.3) is 0 Å². The monoisotopic (exact) mass is 2140 g/mol. The van der Waals surface area contributed by atoms with Crippen LogP contribution >= 0.6 is 0 Å². The SMILES string of the molecule is CCCCCCCCCCCC(=O)NCCCC[C@H](NC(=O)[C@H](CCCCNC(=O)COCCOCCOCCOC1O[C@H](COC(C)=O)[C@H](OC(C)=O)[C@H](OC(C)=O)[C@H]1NC(C)=O)NC(=O)[C@H](CCCCNC(=O)COCCOCCOCCO[C@@H]1O[C@H](COC(C)=O)[C@H](OC(C)=O)[C@H](OC(C)=O)[C@H]1NC(C)=O)NC(=O)COCCOCCOCCO[C@@H]1O[C@H](COC(C)=O)[C@H](OC(C)=O)[C@H](OC(C)=O)[C@H]1NC(C)=O)C(=O)O. The summed E-state index contributed by atoms with van der Waals surface area (Å²) >= 11 is 0. The Labute approximate surface area is 867 Å². The number of amides is 9. The highest BCUT2D eigenvalue weighted by molar-refractivity contribution is 5.93. The van der Waals surface area contributed by atoms with Gasteiger partial charge in [0.15, 0.2) is 55.5 Å². The number of hydrogen-bond acceptors (Lipinski definition) is 43. The van der Waals surface area contributed by atoms with Crippen molar-refractivity contribution in [2.75, 3.05) is 178 Å². The second-order valence-electron chi connectivity index (χ2n) is 34.8. The van der Waals surface area contributed by atoms with E-state index in [9.17, 15) is 96.2 Å². The summed E-state index contributed by atoms with van der Waals surface area (Å²) in [5.41, 5.74) is 0. The molecule has 0 aromatic rings. The first-order valence-electron chi connectivity index (χ1n) is 50.4. The van der Waals surface area contributed by atoms with Crippen LogP contribution in [-0.2, 0) is 205 Å². The summed E-state index contributed by atoms with van der Waals surface area (Å²) in [7, 11) is 0. The number of carbonyl (C=O) groups is 19. The first kappa shape index (κ1) is 132. The van der Waals surface area contributed by atoms with Crippen LogP contribution in [0, 0.1) is 0 Å². The van der Waals surface area contributed by atoms with E-state index in [1.165, 1.54) is 46.5 Å². The molecule has 53 heteroatoms. The van der Waals surface area contributed by atoms with Crippen LogP contribution in [-0.4, -0.2) is 406 Å². The largest absolute Gasteiger partial charge is 0.480 e. The van der Waals surface area contributed by atoms with Crippen LogP contribution < -0.4 is 47.9 Å². The molecule has 0 aliphatic carbocycles. The number of esters is 9. The number of carboxylic acids is 1. The summed E-state index contributed by atoms with van der Waals surface area (Å²) in [4.78, 5) is 240. The van der Waals surface area contributed by atoms with Crippen molar-refractivity contribution >= 4 is 113 Å². The molecule has 53 nitrogen and oxygen atoms in total. The molecule has 1 unspecified atom stereocenters. The van der Waals surface area contributed by atoms with Crippen LogP contribution in [0.5, 0.6) is 0 Å². The number of nitrogens with one attached hydrogen (secondary N) is 9. The van der Waals surface area contributed by atoms with Crippen molar-refractivity contribution in [2.45, 2.75) is 322 Å². The lowest BCUT2D eigenvalue weighted by molar-refractivity contribution is -0.279. The van der Waals surface area contributed by atoms with Crippen molar-refractivity contribution in [3.63, 3.8) is 0 Å². The molecule has 0 bridgehead atoms. The molecule has 3 aliphatic heterocycles. The molecule has 852 valence electrons. The quantitative estimate of drug-likeness (QED) is 0.0208. The molecule has 0 radical (unpaired) electrons. The third-order valence-corrected chi connectivity index (χ3v) is 21.8. The lowest BCUT2D eigenvalue weighted by Gasteiger charge is -2.44. The molecule has 3 heterocycles. The zero-order valence-corrected chi connectivity index (χ0v) is 87.9. The standard InChI is InChI=1S/C96H159N9O44/c1-14-15-16-17-18-19-20-21-22-32-78(118)97-33-28-25-31-74(93(124)125)105-92(123)73(30-24-27-35-99-80(120)58-133-46-43-127-37-40-130-49-52-136-95-83(101-61(3)107)89(145-70(12)116)86(142-67(9)113)76(148-95)55-139-64(6)110)104-91(122)72(103-81(121)59-134-47-44-128-38-41-131-50-53-137-96-84(102-62(4)108)90(146-71(13)117)87(143-68(10)114)77(149-96)56-140-65(7)111)29-23-26-34-98-79(119)57-132-45-42-126-36-39-129-48-51-135-94-82(100-60(2)106)88(144-69(11)115)85(141-66(8)112)75(147-94)54-138-63(5)109/h72-77,82-90,94-96H,14-59H2,1-13H3,(H,97,118)(H,98,119)(H,99,120)(H,100,106)(H,101,107)(H,102,108)(H,103,121)(H,104,122)(H,105,123)(H,124,125)/t72-,73-,74-,75+,76+,77+,82+,83+,84+,85-,86-,87-,88+,89+,90+,94+,95?,96+/m0/s1. The van der Waals surface area contributed by atoms with Crippen molar-refractivity contribution in [1.82, 2.24) is 47.9 Å². The average Bonchev–Trinajstić information content (AvgIpc) is 0.792. The maximum atomic E-state index is 14.6. The molecule has 3 fully saturated rings. The first-order valence-corrected chi connectivity index (χ1v) is 50.4. The lowest BCUT2D eigenvalue weighted by atomic mass is 9.96. The molecule has 0 aromatic heterocycles. The van der Waals surface area contributed by atoms with Gasteiger partial charge in [-0.2, -0.15) is 0 Å². The Morgan fingerprint density at radius 1 is 0.268 bits per heavy atom. The fourth-order valence-corrected chi connectivity index (χ4v) is 15.2. The van der Waals surface area contributed by atoms with Crippen LogP contribution in [0.4, 0.5) is 0 Å². The van der Waals surface area contributed by atoms with Crippen molar-refractivity contribution < 1.29 is 210 Å². The topological polar surface area (TPSA) is 674 Å². The van der Waals surface area contributed by atoms with Gasteiger partial charge in [-0.3, -0.25) is 86.3 Å². The zero-order chi connectivity index (χ0) is 110. The molecule has 10 N–H and O–H groups in total. The summed E-state index contributed by atoms with van der Waals surface area (Å²) in [5.74, 6) is -13.5. The van der Waals surface area contributed by atoms with Gasteiger partial charge in [-0.15, -0.1) is 0 Å². The van der Waals surface area contributed by atoms with Gasteiger partial charge < -0.3 is 167 Å². The number of carbonyl (C=O) groups excluding carboxylic acids is 18. The van der Waals surface area contributed by atoms with Gasteiger partial charge in [-0.25, -0.2) is 4.79 Å². The molecule has 0 saturated carbocycles. The van der Waals surface area contributed by atoms with Crippen molar-refractivity contribution in [3.8, 4) is 0 Å². The van der Waals surface area contributed by atoms with Crippen LogP contribution in [0.15, 0.2) is 0 Å². The molecule has 149 heavy (non-hydrogen) atoms. The third-order valence-electron chi connectivity index (χ3n) is 21.8. The predicted octanol–water partition coefficient (Wildman–Crippen LogP) is -0.527. The Hall–Kier alpha value is -10.7. The molecule has 18 atom stereocenters. The Kier molecular flexibility index (Phi) is 70.6. The van der Waals surface area contributed by atoms with E-state index in [-0.39, 0.29) is 209 Å². The van der Waals surface area contributed by atoms with Crippen LogP contribution in [0.1, 0.15) is 212 Å². The average molecular weight is 2140 g/mol. The van der Waals surface area contributed by atoms with Gasteiger partial charge >= 0.3 is 59.7 Å². The maximum Gasteiger partial charge on any atom is 0.326 e. The summed E-state index contributed by atoms with van der Waals surface area (Å²) < 4.78 is 134. The second-order valence-corrected chi connectivity index (χ2v) is 34.8. The molecule has 0 aromatic carbocycles. The summed E-state index contributed by atoms with van der Waals surface area (Å²) in [5, 5.41) is 34.5. The maximum absolute atomic E-state index is 14.6. The molecule has 3 rings (SSSR count). The van der Waals surface area contributed by atoms with Gasteiger partial charge in [-0.05, 0) is 64.2 Å². The third kappa shape index (κ3) is 62.0. The van der Waals surface area contributed by atoms with Crippen LogP contribution in [0.25, 0.3) is 0 Å². The van der Waals surface area contributed by atoms with E-state index in [0.717, 1.165) is 94.4 Å². The van der Waals surface area contributed by atoms with Crippen molar-refractivity contribution in [1.29, 1.82) is 0 Å². The van der Waals surface area contributed by atoms with Gasteiger partial charge in [0, 0.05) is 109 Å². The van der Waals surface area contributed by atoms with E-state index in [1.807, 2.05) is 0 Å². The first-order chi connectivity index (χ1) is 71.2. The summed E-state index contributed by atoms with van der Waals surface area (Å²) in [6, 6.07) is -7.82. The number of unbranched alkanes of at least 4 members (excludes halogenated alkanes) is 11. The fourth-order valence-electron chi connectivity index (χ4n) is 15.2. The Balaban J connectivity index is 1.70. The predicted molar refractivity (Wildman–Crippen MR) is 513 cm³/mol. The minimum atomic E-state index is -1.45. The number of aliphatic carboxylic acids is 1. The van der Waals surface area contributed by atoms with Gasteiger partial charge in [0.2, 0.25) is 53.2 Å². The van der Waals surface area contributed by atoms with Crippen LogP contribution in [0.3, 0.4) is 0 Å². The molecule has 3 saturated heterocycles. The lowest BCUT2D eigenvalue weighted by Crippen LogP contribution is -2.66. The van der Waals surface area contributed by atoms with Crippen molar-refractivity contribution in [2.24, 2.45) is 0 Å². The normalized spacial score (nSPS) is 20.9. The van der Waals surface area contributed by atoms with E-state index in [2.05, 4.69) is 54.8 Å². The Morgan fingerprint density at radius 3 is 0.812 bits per heavy atom. The van der Waals surface area contributed by atoms with Crippen molar-refractivity contribution in [3.05, 3.63) is 0 Å². The fraction of sp³-hybridized carbons (Fsp3) is 0.802. The highest BCUT2D eigenvalue weighted by Gasteiger charge is 2.55. The minimum absolute atomic E-state index is 0.00813. The Morgan fingerprint density at radius 2 is 0.523 bits per heavy atom. The molecule has 0 spiro atoms. The molecule has 3 aliphatic rings. The van der Waals surface area contributed by atoms with E-state index >= 15 is 0 Å². The van der Waals surface area contributed by atoms with Gasteiger partial charge in [0.1, 0.15) is 94.2 Å².